The van der Waals surface area contributed by atoms with Crippen LogP contribution in [0.4, 0.5) is 0 Å². The number of hydrogen-bond donors (Lipinski definition) is 0. The van der Waals surface area contributed by atoms with Gasteiger partial charge in [-0.3, -0.25) is 4.79 Å². The van der Waals surface area contributed by atoms with Gasteiger partial charge in [0.05, 0.1) is 19.8 Å². The second-order valence-electron chi connectivity index (χ2n) is 6.03. The van der Waals surface area contributed by atoms with Crippen molar-refractivity contribution in [2.24, 2.45) is 11.3 Å². The molecule has 3 rings (SSSR count). The number of carbonyl (C=O) groups is 1. The van der Waals surface area contributed by atoms with Gasteiger partial charge >= 0.3 is 0 Å². The molecule has 120 valence electrons. The zero-order valence-corrected chi connectivity index (χ0v) is 13.3. The smallest absolute Gasteiger partial charge is 0.260 e. The molecule has 1 amide bonds. The van der Waals surface area contributed by atoms with Gasteiger partial charge in [-0.05, 0) is 18.2 Å². The van der Waals surface area contributed by atoms with Crippen molar-refractivity contribution in [3.8, 4) is 5.75 Å². The maximum absolute atomic E-state index is 12.4. The first kappa shape index (κ1) is 15.6. The lowest BCUT2D eigenvalue weighted by molar-refractivity contribution is -0.133. The summed E-state index contributed by atoms with van der Waals surface area (Å²) in [7, 11) is 1.69. The van der Waals surface area contributed by atoms with Gasteiger partial charge in [-0.1, -0.05) is 17.7 Å². The van der Waals surface area contributed by atoms with Gasteiger partial charge in [-0.2, -0.15) is 0 Å². The third kappa shape index (κ3) is 3.07. The quantitative estimate of drug-likeness (QED) is 0.829. The van der Waals surface area contributed by atoms with Crippen molar-refractivity contribution in [3.05, 3.63) is 29.3 Å². The highest BCUT2D eigenvalue weighted by molar-refractivity contribution is 6.30. The fourth-order valence-corrected chi connectivity index (χ4v) is 3.49. The number of ether oxygens (including phenoxy) is 3. The summed E-state index contributed by atoms with van der Waals surface area (Å²) in [6.45, 7) is 3.38. The van der Waals surface area contributed by atoms with Gasteiger partial charge in [-0.25, -0.2) is 0 Å². The molecule has 0 radical (unpaired) electrons. The Hall–Kier alpha value is -1.30. The Bertz CT molecular complexity index is 553. The average Bonchev–Trinajstić information content (AvgIpc) is 3.02. The molecule has 2 aliphatic heterocycles. The molecule has 2 saturated heterocycles. The van der Waals surface area contributed by atoms with Crippen molar-refractivity contribution in [2.45, 2.75) is 0 Å². The number of rotatable bonds is 5. The van der Waals surface area contributed by atoms with Gasteiger partial charge in [0.1, 0.15) is 5.75 Å². The van der Waals surface area contributed by atoms with E-state index in [0.29, 0.717) is 49.6 Å². The zero-order chi connectivity index (χ0) is 15.6. The van der Waals surface area contributed by atoms with Gasteiger partial charge in [0.2, 0.25) is 0 Å². The van der Waals surface area contributed by atoms with E-state index in [1.807, 2.05) is 4.90 Å². The Morgan fingerprint density at radius 3 is 3.18 bits per heavy atom. The van der Waals surface area contributed by atoms with Crippen molar-refractivity contribution in [3.63, 3.8) is 0 Å². The monoisotopic (exact) mass is 325 g/mol. The molecule has 2 fully saturated rings. The van der Waals surface area contributed by atoms with Gasteiger partial charge in [0.25, 0.3) is 5.91 Å². The number of nitrogens with zero attached hydrogens (tertiary/aromatic N) is 1. The molecule has 0 aromatic heterocycles. The molecule has 0 bridgehead atoms. The van der Waals surface area contributed by atoms with Crippen LogP contribution in [0.3, 0.4) is 0 Å². The van der Waals surface area contributed by atoms with Crippen LogP contribution in [-0.2, 0) is 14.3 Å². The summed E-state index contributed by atoms with van der Waals surface area (Å²) in [4.78, 5) is 14.2. The topological polar surface area (TPSA) is 48.0 Å². The number of likely N-dealkylation sites (tertiary alicyclic amines) is 1. The fourth-order valence-electron chi connectivity index (χ4n) is 3.31. The number of halogens is 1. The Morgan fingerprint density at radius 1 is 1.55 bits per heavy atom. The number of hydrogen-bond acceptors (Lipinski definition) is 4. The van der Waals surface area contributed by atoms with E-state index in [2.05, 4.69) is 0 Å². The van der Waals surface area contributed by atoms with Crippen LogP contribution in [0.1, 0.15) is 0 Å². The number of methoxy groups -OCH3 is 1. The Labute approximate surface area is 135 Å². The minimum Gasteiger partial charge on any atom is -0.484 e. The highest BCUT2D eigenvalue weighted by Gasteiger charge is 2.51. The molecule has 1 aromatic rings. The molecular weight excluding hydrogens is 306 g/mol. The predicted octanol–water partition coefficient (Wildman–Crippen LogP) is 1.84. The van der Waals surface area contributed by atoms with Gasteiger partial charge < -0.3 is 19.1 Å². The minimum atomic E-state index is -0.0551. The third-order valence-electron chi connectivity index (χ3n) is 4.46. The molecule has 0 spiro atoms. The van der Waals surface area contributed by atoms with Crippen LogP contribution < -0.4 is 4.74 Å². The van der Waals surface area contributed by atoms with Gasteiger partial charge in [-0.15, -0.1) is 0 Å². The first-order chi connectivity index (χ1) is 10.6. The highest BCUT2D eigenvalue weighted by Crippen LogP contribution is 2.41. The second-order valence-corrected chi connectivity index (χ2v) is 6.46. The van der Waals surface area contributed by atoms with E-state index in [1.54, 1.807) is 31.4 Å². The van der Waals surface area contributed by atoms with Crippen LogP contribution >= 0.6 is 11.6 Å². The van der Waals surface area contributed by atoms with Crippen LogP contribution in [0.2, 0.25) is 5.02 Å². The van der Waals surface area contributed by atoms with Crippen LogP contribution in [0.5, 0.6) is 5.75 Å². The standard InChI is InChI=1S/C16H20ClNO4/c1-20-10-16-9-18(6-12(16)7-21-11-16)15(19)8-22-14-4-2-3-13(17)5-14/h2-5,12H,6-11H2,1H3/t12-,16-/m0/s1. The zero-order valence-electron chi connectivity index (χ0n) is 12.6. The van der Waals surface area contributed by atoms with E-state index in [0.717, 1.165) is 0 Å². The lowest BCUT2D eigenvalue weighted by Gasteiger charge is -2.25. The number of amides is 1. The minimum absolute atomic E-state index is 0.00939. The first-order valence-corrected chi connectivity index (χ1v) is 7.73. The largest absolute Gasteiger partial charge is 0.484 e. The summed E-state index contributed by atoms with van der Waals surface area (Å²) in [5.41, 5.74) is -0.0551. The lowest BCUT2D eigenvalue weighted by Crippen LogP contribution is -2.38. The highest BCUT2D eigenvalue weighted by atomic mass is 35.5. The fraction of sp³-hybridized carbons (Fsp3) is 0.562. The summed E-state index contributed by atoms with van der Waals surface area (Å²) in [6, 6.07) is 7.06. The van der Waals surface area contributed by atoms with E-state index in [-0.39, 0.29) is 17.9 Å². The van der Waals surface area contributed by atoms with E-state index in [9.17, 15) is 4.79 Å². The Kier molecular flexibility index (Phi) is 4.57. The predicted molar refractivity (Wildman–Crippen MR) is 82.1 cm³/mol. The molecular formula is C16H20ClNO4. The average molecular weight is 326 g/mol. The SMILES string of the molecule is COC[C@@]12COC[C@@H]1CN(C(=O)COc1cccc(Cl)c1)C2. The second kappa shape index (κ2) is 6.44. The molecule has 0 N–H and O–H groups in total. The van der Waals surface area contributed by atoms with Gasteiger partial charge in [0, 0.05) is 36.6 Å². The molecule has 1 aromatic carbocycles. The molecule has 22 heavy (non-hydrogen) atoms. The summed E-state index contributed by atoms with van der Waals surface area (Å²) in [5, 5.41) is 0.594. The van der Waals surface area contributed by atoms with Crippen LogP contribution in [0.25, 0.3) is 0 Å². The van der Waals surface area contributed by atoms with Crippen molar-refractivity contribution in [1.29, 1.82) is 0 Å². The summed E-state index contributed by atoms with van der Waals surface area (Å²) >= 11 is 5.90. The maximum Gasteiger partial charge on any atom is 0.260 e. The van der Waals surface area contributed by atoms with E-state index in [4.69, 9.17) is 25.8 Å². The molecule has 2 atom stereocenters. The van der Waals surface area contributed by atoms with Crippen LogP contribution in [0, 0.1) is 11.3 Å². The molecule has 0 saturated carbocycles. The molecule has 2 heterocycles. The Balaban J connectivity index is 1.57. The maximum atomic E-state index is 12.4. The Morgan fingerprint density at radius 2 is 2.41 bits per heavy atom. The van der Waals surface area contributed by atoms with E-state index >= 15 is 0 Å². The molecule has 5 nitrogen and oxygen atoms in total. The van der Waals surface area contributed by atoms with Crippen molar-refractivity contribution >= 4 is 17.5 Å². The van der Waals surface area contributed by atoms with Crippen LogP contribution in [-0.4, -0.2) is 57.4 Å². The molecule has 0 aliphatic carbocycles. The summed E-state index contributed by atoms with van der Waals surface area (Å²) in [6.07, 6.45) is 0. The van der Waals surface area contributed by atoms with Crippen molar-refractivity contribution in [1.82, 2.24) is 4.90 Å². The lowest BCUT2D eigenvalue weighted by atomic mass is 9.82. The summed E-state index contributed by atoms with van der Waals surface area (Å²) < 4.78 is 16.4. The van der Waals surface area contributed by atoms with Gasteiger partial charge in [0.15, 0.2) is 6.61 Å². The molecule has 2 aliphatic rings. The number of benzene rings is 1. The van der Waals surface area contributed by atoms with Crippen molar-refractivity contribution in [2.75, 3.05) is 46.6 Å². The number of carbonyl (C=O) groups excluding carboxylic acids is 1. The van der Waals surface area contributed by atoms with E-state index < -0.39 is 0 Å². The number of fused-ring (bicyclic) bond motifs is 1. The van der Waals surface area contributed by atoms with E-state index in [1.165, 1.54) is 0 Å². The molecule has 0 unspecified atom stereocenters. The van der Waals surface area contributed by atoms with Crippen molar-refractivity contribution < 1.29 is 19.0 Å². The normalized spacial score (nSPS) is 27.0. The third-order valence-corrected chi connectivity index (χ3v) is 4.70. The first-order valence-electron chi connectivity index (χ1n) is 7.36. The summed E-state index contributed by atoms with van der Waals surface area (Å²) in [5.74, 6) is 0.947. The van der Waals surface area contributed by atoms with Crippen LogP contribution in [0.15, 0.2) is 24.3 Å². The molecule has 6 heteroatoms.